The van der Waals surface area contributed by atoms with Crippen LogP contribution in [0.25, 0.3) is 0 Å². The molecule has 4 heteroatoms. The van der Waals surface area contributed by atoms with E-state index in [9.17, 15) is 4.79 Å². The van der Waals surface area contributed by atoms with Crippen molar-refractivity contribution in [1.82, 2.24) is 9.80 Å². The van der Waals surface area contributed by atoms with Crippen LogP contribution < -0.4 is 0 Å². The van der Waals surface area contributed by atoms with E-state index in [1.54, 1.807) is 0 Å². The summed E-state index contributed by atoms with van der Waals surface area (Å²) in [5, 5.41) is 0. The van der Waals surface area contributed by atoms with Gasteiger partial charge in [0.05, 0.1) is 6.04 Å². The van der Waals surface area contributed by atoms with Gasteiger partial charge in [-0.3, -0.25) is 4.90 Å². The number of rotatable bonds is 4. The van der Waals surface area contributed by atoms with Crippen LogP contribution in [0.5, 0.6) is 0 Å². The highest BCUT2D eigenvalue weighted by molar-refractivity contribution is 9.10. The molecule has 1 aromatic rings. The summed E-state index contributed by atoms with van der Waals surface area (Å²) in [4.78, 5) is 15.9. The molecule has 1 saturated heterocycles. The van der Waals surface area contributed by atoms with Crippen LogP contribution in [0, 0.1) is 0 Å². The molecule has 1 atom stereocenters. The molecule has 1 heterocycles. The van der Waals surface area contributed by atoms with Crippen molar-refractivity contribution in [3.8, 4) is 0 Å². The quantitative estimate of drug-likeness (QED) is 0.792. The van der Waals surface area contributed by atoms with Crippen LogP contribution >= 0.6 is 15.9 Å². The molecular formula is C14H19BrN2O. The summed E-state index contributed by atoms with van der Waals surface area (Å²) < 4.78 is 1.07. The Morgan fingerprint density at radius 3 is 2.67 bits per heavy atom. The first-order valence-corrected chi connectivity index (χ1v) is 7.10. The van der Waals surface area contributed by atoms with E-state index in [0.717, 1.165) is 43.4 Å². The zero-order valence-electron chi connectivity index (χ0n) is 10.7. The smallest absolute Gasteiger partial charge is 0.137 e. The van der Waals surface area contributed by atoms with Crippen LogP contribution in [0.15, 0.2) is 28.7 Å². The van der Waals surface area contributed by atoms with Crippen LogP contribution in [0.1, 0.15) is 5.56 Å². The number of benzene rings is 1. The number of likely N-dealkylation sites (N-methyl/N-ethyl adjacent to an activating group) is 1. The van der Waals surface area contributed by atoms with Crippen LogP contribution in [0.2, 0.25) is 0 Å². The molecular weight excluding hydrogens is 292 g/mol. The molecule has 0 bridgehead atoms. The lowest BCUT2D eigenvalue weighted by atomic mass is 10.1. The van der Waals surface area contributed by atoms with E-state index >= 15 is 0 Å². The molecule has 1 aliphatic rings. The number of carbonyl (C=O) groups is 1. The van der Waals surface area contributed by atoms with Gasteiger partial charge in [-0.25, -0.2) is 0 Å². The Bertz CT molecular complexity index is 403. The molecule has 1 aromatic carbocycles. The van der Waals surface area contributed by atoms with Crippen LogP contribution in [0.3, 0.4) is 0 Å². The maximum Gasteiger partial charge on any atom is 0.137 e. The molecule has 0 aromatic heterocycles. The molecule has 2 rings (SSSR count). The average molecular weight is 311 g/mol. The minimum atomic E-state index is 0.00741. The van der Waals surface area contributed by atoms with Gasteiger partial charge in [0, 0.05) is 30.7 Å². The molecule has 0 aliphatic carbocycles. The van der Waals surface area contributed by atoms with Gasteiger partial charge in [0.2, 0.25) is 0 Å². The van der Waals surface area contributed by atoms with Crippen molar-refractivity contribution in [2.24, 2.45) is 0 Å². The summed E-state index contributed by atoms with van der Waals surface area (Å²) in [6.07, 6.45) is 1.89. The van der Waals surface area contributed by atoms with Gasteiger partial charge in [0.1, 0.15) is 6.29 Å². The van der Waals surface area contributed by atoms with E-state index in [0.29, 0.717) is 0 Å². The molecule has 1 fully saturated rings. The first-order valence-electron chi connectivity index (χ1n) is 6.31. The molecule has 0 saturated carbocycles. The lowest BCUT2D eigenvalue weighted by Gasteiger charge is -2.35. The molecule has 98 valence electrons. The topological polar surface area (TPSA) is 23.6 Å². The van der Waals surface area contributed by atoms with Crippen molar-refractivity contribution < 1.29 is 4.79 Å². The predicted octanol–water partition coefficient (Wildman–Crippen LogP) is 1.81. The first-order chi connectivity index (χ1) is 8.69. The molecule has 18 heavy (non-hydrogen) atoms. The van der Waals surface area contributed by atoms with E-state index in [1.165, 1.54) is 5.56 Å². The van der Waals surface area contributed by atoms with Crippen molar-refractivity contribution in [2.45, 2.75) is 12.5 Å². The Balaban J connectivity index is 1.99. The van der Waals surface area contributed by atoms with E-state index in [1.807, 2.05) is 12.1 Å². The third-order valence-electron chi connectivity index (χ3n) is 3.50. The monoisotopic (exact) mass is 310 g/mol. The summed E-state index contributed by atoms with van der Waals surface area (Å²) in [5.41, 5.74) is 1.21. The number of carbonyl (C=O) groups excluding carboxylic acids is 1. The van der Waals surface area contributed by atoms with Gasteiger partial charge in [-0.05, 0) is 31.2 Å². The number of nitrogens with zero attached hydrogens (tertiary/aromatic N) is 2. The highest BCUT2D eigenvalue weighted by atomic mass is 79.9. The first kappa shape index (κ1) is 13.7. The van der Waals surface area contributed by atoms with Gasteiger partial charge in [-0.15, -0.1) is 0 Å². The minimum absolute atomic E-state index is 0.00741. The van der Waals surface area contributed by atoms with Crippen molar-refractivity contribution in [2.75, 3.05) is 33.2 Å². The standard InChI is InChI=1S/C14H19BrN2O/c1-16-5-7-17(8-6-16)14(11-18)10-12-3-2-4-13(15)9-12/h2-4,9,11,14H,5-8,10H2,1H3. The molecule has 0 amide bonds. The highest BCUT2D eigenvalue weighted by Gasteiger charge is 2.22. The molecule has 1 aliphatic heterocycles. The van der Waals surface area contributed by atoms with Gasteiger partial charge >= 0.3 is 0 Å². The summed E-state index contributed by atoms with van der Waals surface area (Å²) in [7, 11) is 2.13. The lowest BCUT2D eigenvalue weighted by Crippen LogP contribution is -2.50. The Morgan fingerprint density at radius 2 is 2.06 bits per heavy atom. The number of hydrogen-bond acceptors (Lipinski definition) is 3. The largest absolute Gasteiger partial charge is 0.304 e. The van der Waals surface area contributed by atoms with Crippen molar-refractivity contribution >= 4 is 22.2 Å². The van der Waals surface area contributed by atoms with Gasteiger partial charge in [0.25, 0.3) is 0 Å². The van der Waals surface area contributed by atoms with Crippen LogP contribution in [0.4, 0.5) is 0 Å². The maximum atomic E-state index is 11.3. The van der Waals surface area contributed by atoms with Crippen LogP contribution in [-0.2, 0) is 11.2 Å². The number of halogens is 1. The Kier molecular flexibility index (Phi) is 4.92. The third kappa shape index (κ3) is 3.64. The second kappa shape index (κ2) is 6.45. The fraction of sp³-hybridized carbons (Fsp3) is 0.500. The third-order valence-corrected chi connectivity index (χ3v) is 3.99. The normalized spacial score (nSPS) is 19.7. The second-order valence-electron chi connectivity index (χ2n) is 4.88. The fourth-order valence-corrected chi connectivity index (χ4v) is 2.77. The molecule has 1 unspecified atom stereocenters. The van der Waals surface area contributed by atoms with E-state index in [-0.39, 0.29) is 6.04 Å². The van der Waals surface area contributed by atoms with E-state index < -0.39 is 0 Å². The fourth-order valence-electron chi connectivity index (χ4n) is 2.32. The molecule has 0 N–H and O–H groups in total. The Hall–Kier alpha value is -0.710. The van der Waals surface area contributed by atoms with Crippen LogP contribution in [-0.4, -0.2) is 55.4 Å². The minimum Gasteiger partial charge on any atom is -0.304 e. The van der Waals surface area contributed by atoms with Gasteiger partial charge < -0.3 is 9.69 Å². The SMILES string of the molecule is CN1CCN(C(C=O)Cc2cccc(Br)c2)CC1. The number of aldehydes is 1. The summed E-state index contributed by atoms with van der Waals surface area (Å²) in [6, 6.07) is 8.21. The van der Waals surface area contributed by atoms with E-state index in [2.05, 4.69) is 44.9 Å². The molecule has 0 radical (unpaired) electrons. The second-order valence-corrected chi connectivity index (χ2v) is 5.79. The predicted molar refractivity (Wildman–Crippen MR) is 76.8 cm³/mol. The van der Waals surface area contributed by atoms with Gasteiger partial charge in [-0.2, -0.15) is 0 Å². The molecule has 0 spiro atoms. The highest BCUT2D eigenvalue weighted by Crippen LogP contribution is 2.15. The maximum absolute atomic E-state index is 11.3. The summed E-state index contributed by atoms with van der Waals surface area (Å²) in [5.74, 6) is 0. The Morgan fingerprint density at radius 1 is 1.33 bits per heavy atom. The Labute approximate surface area is 117 Å². The molecule has 3 nitrogen and oxygen atoms in total. The zero-order chi connectivity index (χ0) is 13.0. The van der Waals surface area contributed by atoms with Crippen molar-refractivity contribution in [3.05, 3.63) is 34.3 Å². The zero-order valence-corrected chi connectivity index (χ0v) is 12.3. The summed E-state index contributed by atoms with van der Waals surface area (Å²) in [6.45, 7) is 4.05. The summed E-state index contributed by atoms with van der Waals surface area (Å²) >= 11 is 3.47. The van der Waals surface area contributed by atoms with Gasteiger partial charge in [0.15, 0.2) is 0 Å². The van der Waals surface area contributed by atoms with E-state index in [4.69, 9.17) is 0 Å². The lowest BCUT2D eigenvalue weighted by molar-refractivity contribution is -0.113. The van der Waals surface area contributed by atoms with Gasteiger partial charge in [-0.1, -0.05) is 28.1 Å². The number of piperazine rings is 1. The average Bonchev–Trinajstić information content (AvgIpc) is 2.37. The van der Waals surface area contributed by atoms with Crippen molar-refractivity contribution in [1.29, 1.82) is 0 Å². The van der Waals surface area contributed by atoms with Crippen molar-refractivity contribution in [3.63, 3.8) is 0 Å². The number of hydrogen-bond donors (Lipinski definition) is 0.